The molecule has 0 aliphatic rings. The Hall–Kier alpha value is -2.88. The molecular weight excluding hydrogens is 353 g/mol. The van der Waals surface area contributed by atoms with Gasteiger partial charge in [-0.1, -0.05) is 42.5 Å². The second kappa shape index (κ2) is 9.72. The van der Waals surface area contributed by atoms with E-state index in [2.05, 4.69) is 5.32 Å². The number of benzene rings is 2. The number of ether oxygens (including phenoxy) is 1. The number of carbonyl (C=O) groups excluding carboxylic acids is 1. The maximum absolute atomic E-state index is 12.0. The first-order valence-corrected chi connectivity index (χ1v) is 8.19. The molecule has 27 heavy (non-hydrogen) atoms. The second-order valence-electron chi connectivity index (χ2n) is 5.89. The Kier molecular flexibility index (Phi) is 7.36. The van der Waals surface area contributed by atoms with Crippen LogP contribution in [0.25, 0.3) is 0 Å². The fourth-order valence-corrected chi connectivity index (χ4v) is 2.48. The van der Waals surface area contributed by atoms with Gasteiger partial charge >= 0.3 is 13.1 Å². The number of carboxylic acids is 1. The van der Waals surface area contributed by atoms with Gasteiger partial charge in [-0.05, 0) is 23.6 Å². The number of aromatic hydroxyl groups is 1. The van der Waals surface area contributed by atoms with Crippen LogP contribution >= 0.6 is 0 Å². The molecule has 0 saturated heterocycles. The smallest absolute Gasteiger partial charge is 0.475 e. The van der Waals surface area contributed by atoms with Crippen molar-refractivity contribution in [3.63, 3.8) is 0 Å². The molecule has 5 N–H and O–H groups in total. The lowest BCUT2D eigenvalue weighted by molar-refractivity contribution is -0.126. The molecule has 2 aromatic carbocycles. The average Bonchev–Trinajstić information content (AvgIpc) is 2.63. The van der Waals surface area contributed by atoms with Crippen molar-refractivity contribution < 1.29 is 34.6 Å². The van der Waals surface area contributed by atoms with Crippen molar-refractivity contribution in [1.82, 2.24) is 5.32 Å². The lowest BCUT2D eigenvalue weighted by Gasteiger charge is -2.19. The molecule has 0 spiro atoms. The van der Waals surface area contributed by atoms with Gasteiger partial charge in [0.15, 0.2) is 0 Å². The minimum Gasteiger partial charge on any atom is -0.507 e. The normalized spacial score (nSPS) is 11.6. The first-order valence-electron chi connectivity index (χ1n) is 8.19. The standard InChI is InChI=1S/C18H20BNO7/c21-16(11-27-10-12-5-2-1-3-6-12)20-15(19(25)26)9-13-7-4-8-14(17(13)22)18(23)24/h1-8,15,22,25-26H,9-11H2,(H,20,21)(H,23,24). The number of carbonyl (C=O) groups is 2. The number of hydrogen-bond acceptors (Lipinski definition) is 6. The minimum absolute atomic E-state index is 0.165. The monoisotopic (exact) mass is 373 g/mol. The zero-order chi connectivity index (χ0) is 19.8. The predicted octanol–water partition coefficient (Wildman–Crippen LogP) is 0.347. The third kappa shape index (κ3) is 6.10. The van der Waals surface area contributed by atoms with Crippen LogP contribution in [-0.4, -0.2) is 51.8 Å². The molecule has 8 nitrogen and oxygen atoms in total. The van der Waals surface area contributed by atoms with E-state index in [0.29, 0.717) is 0 Å². The molecule has 0 bridgehead atoms. The first kappa shape index (κ1) is 20.4. The van der Waals surface area contributed by atoms with Crippen molar-refractivity contribution in [2.75, 3.05) is 6.61 Å². The van der Waals surface area contributed by atoms with Crippen LogP contribution in [0.1, 0.15) is 21.5 Å². The van der Waals surface area contributed by atoms with Gasteiger partial charge < -0.3 is 30.3 Å². The van der Waals surface area contributed by atoms with Gasteiger partial charge in [0.2, 0.25) is 5.91 Å². The minimum atomic E-state index is -1.91. The van der Waals surface area contributed by atoms with Gasteiger partial charge in [-0.25, -0.2) is 4.79 Å². The predicted molar refractivity (Wildman–Crippen MR) is 97.0 cm³/mol. The van der Waals surface area contributed by atoms with Crippen LogP contribution in [-0.2, 0) is 22.6 Å². The number of amides is 1. The summed E-state index contributed by atoms with van der Waals surface area (Å²) < 4.78 is 5.28. The van der Waals surface area contributed by atoms with E-state index in [9.17, 15) is 24.7 Å². The molecule has 1 unspecified atom stereocenters. The van der Waals surface area contributed by atoms with E-state index in [1.807, 2.05) is 30.3 Å². The van der Waals surface area contributed by atoms with E-state index in [1.54, 1.807) is 0 Å². The van der Waals surface area contributed by atoms with Gasteiger partial charge in [-0.2, -0.15) is 0 Å². The topological polar surface area (TPSA) is 136 Å². The Morgan fingerprint density at radius 1 is 1.07 bits per heavy atom. The van der Waals surface area contributed by atoms with E-state index < -0.39 is 30.7 Å². The number of nitrogens with one attached hydrogen (secondary N) is 1. The molecule has 0 heterocycles. The summed E-state index contributed by atoms with van der Waals surface area (Å²) in [5.41, 5.74) is 0.745. The fourth-order valence-electron chi connectivity index (χ4n) is 2.48. The van der Waals surface area contributed by atoms with Gasteiger partial charge in [-0.3, -0.25) is 4.79 Å². The second-order valence-corrected chi connectivity index (χ2v) is 5.89. The Bertz CT molecular complexity index is 783. The highest BCUT2D eigenvalue weighted by molar-refractivity contribution is 6.43. The van der Waals surface area contributed by atoms with Crippen molar-refractivity contribution in [2.24, 2.45) is 0 Å². The Morgan fingerprint density at radius 3 is 2.41 bits per heavy atom. The van der Waals surface area contributed by atoms with Gasteiger partial charge in [0.25, 0.3) is 0 Å². The number of rotatable bonds is 9. The molecule has 0 radical (unpaired) electrons. The van der Waals surface area contributed by atoms with Gasteiger partial charge in [0.1, 0.15) is 17.9 Å². The molecule has 1 amide bonds. The number of phenols is 1. The summed E-state index contributed by atoms with van der Waals surface area (Å²) in [5, 5.41) is 40.4. The SMILES string of the molecule is O=C(COCc1ccccc1)NC(Cc1cccc(C(=O)O)c1O)B(O)O. The zero-order valence-electron chi connectivity index (χ0n) is 14.4. The van der Waals surface area contributed by atoms with Crippen LogP contribution in [0, 0.1) is 0 Å². The third-order valence-corrected chi connectivity index (χ3v) is 3.84. The molecule has 2 aromatic rings. The molecule has 0 saturated carbocycles. The summed E-state index contributed by atoms with van der Waals surface area (Å²) >= 11 is 0. The summed E-state index contributed by atoms with van der Waals surface area (Å²) in [4.78, 5) is 23.0. The number of aromatic carboxylic acids is 1. The van der Waals surface area contributed by atoms with Crippen molar-refractivity contribution in [3.05, 3.63) is 65.2 Å². The molecule has 0 aliphatic carbocycles. The lowest BCUT2D eigenvalue weighted by atomic mass is 9.75. The summed E-state index contributed by atoms with van der Waals surface area (Å²) in [7, 11) is -1.91. The summed E-state index contributed by atoms with van der Waals surface area (Å²) in [6.45, 7) is -0.0681. The molecular formula is C18H20BNO7. The van der Waals surface area contributed by atoms with E-state index in [4.69, 9.17) is 9.84 Å². The zero-order valence-corrected chi connectivity index (χ0v) is 14.4. The Morgan fingerprint density at radius 2 is 1.78 bits per heavy atom. The van der Waals surface area contributed by atoms with Crippen LogP contribution in [0.5, 0.6) is 5.75 Å². The van der Waals surface area contributed by atoms with Crippen molar-refractivity contribution in [3.8, 4) is 5.75 Å². The number of carboxylic acid groups (broad SMARTS) is 1. The molecule has 0 fully saturated rings. The molecule has 0 aliphatic heterocycles. The molecule has 9 heteroatoms. The van der Waals surface area contributed by atoms with E-state index >= 15 is 0 Å². The van der Waals surface area contributed by atoms with Crippen LogP contribution in [0.3, 0.4) is 0 Å². The molecule has 2 rings (SSSR count). The Balaban J connectivity index is 1.94. The third-order valence-electron chi connectivity index (χ3n) is 3.84. The maximum Gasteiger partial charge on any atom is 0.475 e. The van der Waals surface area contributed by atoms with E-state index in [0.717, 1.165) is 5.56 Å². The number of hydrogen-bond donors (Lipinski definition) is 5. The van der Waals surface area contributed by atoms with Crippen LogP contribution in [0.2, 0.25) is 0 Å². The lowest BCUT2D eigenvalue weighted by Crippen LogP contribution is -2.49. The summed E-state index contributed by atoms with van der Waals surface area (Å²) in [5.74, 6) is -3.51. The van der Waals surface area contributed by atoms with E-state index in [1.165, 1.54) is 18.2 Å². The van der Waals surface area contributed by atoms with E-state index in [-0.39, 0.29) is 30.8 Å². The average molecular weight is 373 g/mol. The van der Waals surface area contributed by atoms with Gasteiger partial charge in [-0.15, -0.1) is 0 Å². The number of para-hydroxylation sites is 1. The summed E-state index contributed by atoms with van der Waals surface area (Å²) in [6.07, 6.45) is -0.172. The van der Waals surface area contributed by atoms with Gasteiger partial charge in [0.05, 0.1) is 12.5 Å². The fraction of sp³-hybridized carbons (Fsp3) is 0.222. The van der Waals surface area contributed by atoms with Crippen LogP contribution in [0.15, 0.2) is 48.5 Å². The van der Waals surface area contributed by atoms with Crippen LogP contribution < -0.4 is 5.32 Å². The molecule has 0 aromatic heterocycles. The van der Waals surface area contributed by atoms with Crippen molar-refractivity contribution in [1.29, 1.82) is 0 Å². The van der Waals surface area contributed by atoms with Crippen LogP contribution in [0.4, 0.5) is 0 Å². The quantitative estimate of drug-likeness (QED) is 0.400. The van der Waals surface area contributed by atoms with Gasteiger partial charge in [0, 0.05) is 0 Å². The maximum atomic E-state index is 12.0. The summed E-state index contributed by atoms with van der Waals surface area (Å²) in [6, 6.07) is 13.3. The first-order chi connectivity index (χ1) is 12.9. The molecule has 142 valence electrons. The largest absolute Gasteiger partial charge is 0.507 e. The highest BCUT2D eigenvalue weighted by atomic mass is 16.5. The van der Waals surface area contributed by atoms with Crippen molar-refractivity contribution >= 4 is 19.0 Å². The molecule has 1 atom stereocenters. The van der Waals surface area contributed by atoms with Crippen molar-refractivity contribution in [2.45, 2.75) is 19.0 Å². The highest BCUT2D eigenvalue weighted by Gasteiger charge is 2.27. The highest BCUT2D eigenvalue weighted by Crippen LogP contribution is 2.24. The Labute approximate surface area is 156 Å².